The van der Waals surface area contributed by atoms with E-state index in [0.717, 1.165) is 11.7 Å². The first kappa shape index (κ1) is 14.9. The first-order valence-electron chi connectivity index (χ1n) is 8.71. The summed E-state index contributed by atoms with van der Waals surface area (Å²) in [6, 6.07) is 7.76. The summed E-state index contributed by atoms with van der Waals surface area (Å²) in [6.07, 6.45) is 10.9. The highest BCUT2D eigenvalue weighted by Crippen LogP contribution is 2.34. The van der Waals surface area contributed by atoms with Gasteiger partial charge in [0.05, 0.1) is 7.11 Å². The molecular weight excluding hydrogens is 258 g/mol. The molecule has 3 rings (SSSR count). The minimum atomic E-state index is 0.515. The Labute approximate surface area is 129 Å². The molecule has 0 aliphatic heterocycles. The van der Waals surface area contributed by atoms with Crippen LogP contribution in [0.2, 0.25) is 0 Å². The predicted octanol–water partition coefficient (Wildman–Crippen LogP) is 4.63. The van der Waals surface area contributed by atoms with Crippen molar-refractivity contribution in [1.29, 1.82) is 0 Å². The van der Waals surface area contributed by atoms with Gasteiger partial charge >= 0.3 is 0 Å². The Morgan fingerprint density at radius 1 is 1.10 bits per heavy atom. The van der Waals surface area contributed by atoms with E-state index in [9.17, 15) is 0 Å². The van der Waals surface area contributed by atoms with Crippen LogP contribution >= 0.6 is 0 Å². The molecule has 1 saturated carbocycles. The molecule has 1 aromatic carbocycles. The quantitative estimate of drug-likeness (QED) is 0.871. The minimum Gasteiger partial charge on any atom is -0.497 e. The van der Waals surface area contributed by atoms with E-state index in [1.807, 2.05) is 0 Å². The molecular formula is C19H29NO. The summed E-state index contributed by atoms with van der Waals surface area (Å²) in [5, 5.41) is 3.94. The van der Waals surface area contributed by atoms with Crippen molar-refractivity contribution < 1.29 is 4.74 Å². The average Bonchev–Trinajstić information content (AvgIpc) is 2.55. The number of methoxy groups -OCH3 is 1. The second-order valence-corrected chi connectivity index (χ2v) is 6.86. The molecule has 116 valence electrons. The fourth-order valence-electron chi connectivity index (χ4n) is 4.16. The van der Waals surface area contributed by atoms with Gasteiger partial charge in [0.2, 0.25) is 0 Å². The molecule has 1 fully saturated rings. The van der Waals surface area contributed by atoms with Crippen molar-refractivity contribution in [2.24, 2.45) is 5.92 Å². The van der Waals surface area contributed by atoms with Gasteiger partial charge in [0.1, 0.15) is 5.75 Å². The second kappa shape index (κ2) is 6.83. The van der Waals surface area contributed by atoms with Crippen LogP contribution in [0.1, 0.15) is 69.0 Å². The number of nitrogens with one attached hydrogen (secondary N) is 1. The number of hydrogen-bond acceptors (Lipinski definition) is 2. The van der Waals surface area contributed by atoms with E-state index in [-0.39, 0.29) is 0 Å². The van der Waals surface area contributed by atoms with Gasteiger partial charge in [-0.1, -0.05) is 25.3 Å². The van der Waals surface area contributed by atoms with Crippen molar-refractivity contribution in [3.8, 4) is 5.75 Å². The van der Waals surface area contributed by atoms with Crippen LogP contribution in [-0.2, 0) is 6.42 Å². The van der Waals surface area contributed by atoms with Crippen LogP contribution in [0.25, 0.3) is 0 Å². The van der Waals surface area contributed by atoms with Gasteiger partial charge in [0.25, 0.3) is 0 Å². The summed E-state index contributed by atoms with van der Waals surface area (Å²) in [5.41, 5.74) is 2.98. The molecule has 0 amide bonds. The van der Waals surface area contributed by atoms with Crippen LogP contribution in [0, 0.1) is 5.92 Å². The third kappa shape index (κ3) is 3.42. The lowest BCUT2D eigenvalue weighted by Crippen LogP contribution is -2.38. The summed E-state index contributed by atoms with van der Waals surface area (Å²) in [4.78, 5) is 0. The Hall–Kier alpha value is -1.02. The highest BCUT2D eigenvalue weighted by Gasteiger charge is 2.26. The number of ether oxygens (including phenoxy) is 1. The molecule has 0 saturated heterocycles. The number of benzene rings is 1. The van der Waals surface area contributed by atoms with E-state index in [4.69, 9.17) is 4.74 Å². The molecule has 2 nitrogen and oxygen atoms in total. The third-order valence-electron chi connectivity index (χ3n) is 5.49. The molecule has 0 bridgehead atoms. The van der Waals surface area contributed by atoms with Crippen LogP contribution in [-0.4, -0.2) is 13.2 Å². The molecule has 0 heterocycles. The zero-order chi connectivity index (χ0) is 14.7. The molecule has 2 atom stereocenters. The van der Waals surface area contributed by atoms with E-state index in [1.54, 1.807) is 7.11 Å². The first-order valence-corrected chi connectivity index (χ1v) is 8.71. The normalized spacial score (nSPS) is 24.4. The van der Waals surface area contributed by atoms with Crippen LogP contribution in [0.4, 0.5) is 0 Å². The van der Waals surface area contributed by atoms with Crippen molar-refractivity contribution >= 4 is 0 Å². The molecule has 2 aliphatic rings. The number of rotatable bonds is 4. The monoisotopic (exact) mass is 287 g/mol. The molecule has 1 N–H and O–H groups in total. The number of aryl methyl sites for hydroxylation is 1. The minimum absolute atomic E-state index is 0.515. The SMILES string of the molecule is COc1ccc2c(c1)C(N[C@H](C)C1CCCCC1)CCC2. The Balaban J connectivity index is 1.71. The van der Waals surface area contributed by atoms with Crippen LogP contribution in [0.15, 0.2) is 18.2 Å². The van der Waals surface area contributed by atoms with Crippen molar-refractivity contribution in [1.82, 2.24) is 5.32 Å². The van der Waals surface area contributed by atoms with Crippen molar-refractivity contribution in [3.63, 3.8) is 0 Å². The zero-order valence-electron chi connectivity index (χ0n) is 13.5. The van der Waals surface area contributed by atoms with Crippen LogP contribution in [0.3, 0.4) is 0 Å². The first-order chi connectivity index (χ1) is 10.3. The van der Waals surface area contributed by atoms with Crippen LogP contribution in [0.5, 0.6) is 5.75 Å². The smallest absolute Gasteiger partial charge is 0.119 e. The fraction of sp³-hybridized carbons (Fsp3) is 0.684. The van der Waals surface area contributed by atoms with Gasteiger partial charge in [-0.25, -0.2) is 0 Å². The molecule has 0 aromatic heterocycles. The maximum atomic E-state index is 5.42. The van der Waals surface area contributed by atoms with Crippen molar-refractivity contribution in [2.75, 3.05) is 7.11 Å². The van der Waals surface area contributed by atoms with Gasteiger partial charge in [-0.15, -0.1) is 0 Å². The van der Waals surface area contributed by atoms with Gasteiger partial charge in [-0.3, -0.25) is 0 Å². The summed E-state index contributed by atoms with van der Waals surface area (Å²) in [5.74, 6) is 1.86. The lowest BCUT2D eigenvalue weighted by molar-refractivity contribution is 0.256. The number of fused-ring (bicyclic) bond motifs is 1. The highest BCUT2D eigenvalue weighted by atomic mass is 16.5. The summed E-state index contributed by atoms with van der Waals surface area (Å²) in [7, 11) is 1.76. The third-order valence-corrected chi connectivity index (χ3v) is 5.49. The van der Waals surface area contributed by atoms with Gasteiger partial charge in [-0.2, -0.15) is 0 Å². The molecule has 0 radical (unpaired) electrons. The summed E-state index contributed by atoms with van der Waals surface area (Å²) >= 11 is 0. The summed E-state index contributed by atoms with van der Waals surface area (Å²) in [6.45, 7) is 2.39. The van der Waals surface area contributed by atoms with Crippen molar-refractivity contribution in [2.45, 2.75) is 70.4 Å². The molecule has 21 heavy (non-hydrogen) atoms. The van der Waals surface area contributed by atoms with E-state index in [2.05, 4.69) is 30.4 Å². The predicted molar refractivity (Wildman–Crippen MR) is 87.8 cm³/mol. The van der Waals surface area contributed by atoms with Gasteiger partial charge in [-0.05, 0) is 68.2 Å². The zero-order valence-corrected chi connectivity index (χ0v) is 13.5. The van der Waals surface area contributed by atoms with E-state index < -0.39 is 0 Å². The molecule has 1 unspecified atom stereocenters. The molecule has 2 heteroatoms. The van der Waals surface area contributed by atoms with E-state index in [1.165, 1.54) is 62.5 Å². The van der Waals surface area contributed by atoms with E-state index >= 15 is 0 Å². The topological polar surface area (TPSA) is 21.3 Å². The Morgan fingerprint density at radius 2 is 1.90 bits per heavy atom. The standard InChI is InChI=1S/C19H29NO/c1-14(15-7-4-3-5-8-15)20-19-10-6-9-16-11-12-17(21-2)13-18(16)19/h11-15,19-20H,3-10H2,1-2H3/t14-,19?/m1/s1. The summed E-state index contributed by atoms with van der Waals surface area (Å²) < 4.78 is 5.42. The van der Waals surface area contributed by atoms with Gasteiger partial charge in [0, 0.05) is 12.1 Å². The lowest BCUT2D eigenvalue weighted by Gasteiger charge is -2.34. The Morgan fingerprint density at radius 3 is 2.67 bits per heavy atom. The lowest BCUT2D eigenvalue weighted by atomic mass is 9.82. The van der Waals surface area contributed by atoms with E-state index in [0.29, 0.717) is 12.1 Å². The Kier molecular flexibility index (Phi) is 4.84. The van der Waals surface area contributed by atoms with Gasteiger partial charge < -0.3 is 10.1 Å². The van der Waals surface area contributed by atoms with Crippen molar-refractivity contribution in [3.05, 3.63) is 29.3 Å². The second-order valence-electron chi connectivity index (χ2n) is 6.86. The molecule has 1 aromatic rings. The Bertz CT molecular complexity index is 465. The highest BCUT2D eigenvalue weighted by molar-refractivity contribution is 5.39. The largest absolute Gasteiger partial charge is 0.497 e. The molecule has 0 spiro atoms. The molecule has 2 aliphatic carbocycles. The average molecular weight is 287 g/mol. The van der Waals surface area contributed by atoms with Crippen LogP contribution < -0.4 is 10.1 Å². The maximum Gasteiger partial charge on any atom is 0.119 e. The van der Waals surface area contributed by atoms with Gasteiger partial charge in [0.15, 0.2) is 0 Å². The fourth-order valence-corrected chi connectivity index (χ4v) is 4.16. The maximum absolute atomic E-state index is 5.42. The number of hydrogen-bond donors (Lipinski definition) is 1.